The first-order valence-electron chi connectivity index (χ1n) is 5.53. The van der Waals surface area contributed by atoms with Crippen molar-refractivity contribution in [3.63, 3.8) is 0 Å². The SMILES string of the molecule is CNC1(c2cc(Cl)ccc2F)CCCNC1. The van der Waals surface area contributed by atoms with Crippen molar-refractivity contribution in [2.24, 2.45) is 0 Å². The van der Waals surface area contributed by atoms with Gasteiger partial charge in [-0.2, -0.15) is 0 Å². The molecule has 1 aromatic rings. The molecule has 1 fully saturated rings. The van der Waals surface area contributed by atoms with Gasteiger partial charge in [-0.15, -0.1) is 0 Å². The average Bonchev–Trinajstić information content (AvgIpc) is 2.33. The van der Waals surface area contributed by atoms with Crippen LogP contribution in [0.1, 0.15) is 18.4 Å². The van der Waals surface area contributed by atoms with E-state index in [1.807, 2.05) is 7.05 Å². The smallest absolute Gasteiger partial charge is 0.128 e. The van der Waals surface area contributed by atoms with Crippen LogP contribution in [-0.4, -0.2) is 20.1 Å². The monoisotopic (exact) mass is 242 g/mol. The van der Waals surface area contributed by atoms with E-state index in [1.54, 1.807) is 12.1 Å². The largest absolute Gasteiger partial charge is 0.315 e. The van der Waals surface area contributed by atoms with E-state index in [0.717, 1.165) is 25.9 Å². The Morgan fingerprint density at radius 3 is 2.94 bits per heavy atom. The Labute approximate surface area is 100 Å². The Bertz CT molecular complexity index is 375. The van der Waals surface area contributed by atoms with Crippen LogP contribution in [0.5, 0.6) is 0 Å². The minimum absolute atomic E-state index is 0.192. The maximum atomic E-state index is 13.9. The van der Waals surface area contributed by atoms with Crippen molar-refractivity contribution in [1.29, 1.82) is 0 Å². The number of rotatable bonds is 2. The number of hydrogen-bond donors (Lipinski definition) is 2. The molecule has 0 radical (unpaired) electrons. The van der Waals surface area contributed by atoms with Gasteiger partial charge >= 0.3 is 0 Å². The molecule has 1 aliphatic heterocycles. The lowest BCUT2D eigenvalue weighted by Gasteiger charge is -2.38. The molecule has 88 valence electrons. The zero-order valence-corrected chi connectivity index (χ0v) is 10.1. The summed E-state index contributed by atoms with van der Waals surface area (Å²) in [5.41, 5.74) is 0.336. The summed E-state index contributed by atoms with van der Waals surface area (Å²) < 4.78 is 13.9. The number of piperidine rings is 1. The molecule has 1 heterocycles. The summed E-state index contributed by atoms with van der Waals surface area (Å²) in [5, 5.41) is 7.12. The van der Waals surface area contributed by atoms with Crippen LogP contribution in [0.2, 0.25) is 5.02 Å². The normalized spacial score (nSPS) is 25.7. The molecule has 1 unspecified atom stereocenters. The van der Waals surface area contributed by atoms with Gasteiger partial charge in [0.2, 0.25) is 0 Å². The highest BCUT2D eigenvalue weighted by molar-refractivity contribution is 6.30. The molecule has 0 aliphatic carbocycles. The number of hydrogen-bond acceptors (Lipinski definition) is 2. The third kappa shape index (κ3) is 2.08. The third-order valence-corrected chi connectivity index (χ3v) is 3.54. The van der Waals surface area contributed by atoms with Gasteiger partial charge in [0.15, 0.2) is 0 Å². The number of likely N-dealkylation sites (N-methyl/N-ethyl adjacent to an activating group) is 1. The molecule has 2 nitrogen and oxygen atoms in total. The molecule has 0 aromatic heterocycles. The predicted molar refractivity (Wildman–Crippen MR) is 64.3 cm³/mol. The average molecular weight is 243 g/mol. The van der Waals surface area contributed by atoms with E-state index in [1.165, 1.54) is 6.07 Å². The van der Waals surface area contributed by atoms with E-state index >= 15 is 0 Å². The Kier molecular flexibility index (Phi) is 3.47. The lowest BCUT2D eigenvalue weighted by molar-refractivity contribution is 0.261. The maximum absolute atomic E-state index is 13.9. The molecule has 0 saturated carbocycles. The Balaban J connectivity index is 2.42. The van der Waals surface area contributed by atoms with Crippen LogP contribution in [0.3, 0.4) is 0 Å². The highest BCUT2D eigenvalue weighted by atomic mass is 35.5. The van der Waals surface area contributed by atoms with Crippen molar-refractivity contribution in [2.75, 3.05) is 20.1 Å². The fraction of sp³-hybridized carbons (Fsp3) is 0.500. The van der Waals surface area contributed by atoms with Gasteiger partial charge in [-0.05, 0) is 44.6 Å². The molecule has 0 spiro atoms. The quantitative estimate of drug-likeness (QED) is 0.832. The molecule has 16 heavy (non-hydrogen) atoms. The van der Waals surface area contributed by atoms with Gasteiger partial charge in [0.25, 0.3) is 0 Å². The number of benzene rings is 1. The van der Waals surface area contributed by atoms with Gasteiger partial charge in [-0.3, -0.25) is 0 Å². The van der Waals surface area contributed by atoms with Crippen LogP contribution in [0.25, 0.3) is 0 Å². The van der Waals surface area contributed by atoms with E-state index in [0.29, 0.717) is 10.6 Å². The maximum Gasteiger partial charge on any atom is 0.128 e. The van der Waals surface area contributed by atoms with Crippen LogP contribution in [0.15, 0.2) is 18.2 Å². The molecule has 4 heteroatoms. The zero-order valence-electron chi connectivity index (χ0n) is 9.32. The van der Waals surface area contributed by atoms with Crippen LogP contribution < -0.4 is 10.6 Å². The van der Waals surface area contributed by atoms with Crippen molar-refractivity contribution in [3.8, 4) is 0 Å². The summed E-state index contributed by atoms with van der Waals surface area (Å²) in [6.45, 7) is 1.73. The first kappa shape index (κ1) is 11.8. The van der Waals surface area contributed by atoms with Crippen molar-refractivity contribution >= 4 is 11.6 Å². The van der Waals surface area contributed by atoms with Crippen LogP contribution in [-0.2, 0) is 5.54 Å². The fourth-order valence-corrected chi connectivity index (χ4v) is 2.52. The zero-order chi connectivity index (χ0) is 11.6. The summed E-state index contributed by atoms with van der Waals surface area (Å²) in [4.78, 5) is 0. The van der Waals surface area contributed by atoms with Crippen molar-refractivity contribution in [1.82, 2.24) is 10.6 Å². The topological polar surface area (TPSA) is 24.1 Å². The Hall–Kier alpha value is -0.640. The lowest BCUT2D eigenvalue weighted by Crippen LogP contribution is -2.52. The van der Waals surface area contributed by atoms with E-state index in [4.69, 9.17) is 11.6 Å². The molecule has 1 atom stereocenters. The van der Waals surface area contributed by atoms with Crippen LogP contribution in [0.4, 0.5) is 4.39 Å². The predicted octanol–water partition coefficient (Wildman–Crippen LogP) is 2.28. The standard InChI is InChI=1S/C12H16ClFN2/c1-15-12(5-2-6-16-8-12)10-7-9(13)3-4-11(10)14/h3-4,7,15-16H,2,5-6,8H2,1H3. The summed E-state index contributed by atoms with van der Waals surface area (Å²) >= 11 is 5.94. The van der Waals surface area contributed by atoms with Gasteiger partial charge in [0.1, 0.15) is 5.82 Å². The van der Waals surface area contributed by atoms with Gasteiger partial charge in [-0.25, -0.2) is 4.39 Å². The first-order valence-corrected chi connectivity index (χ1v) is 5.91. The summed E-state index contributed by atoms with van der Waals surface area (Å²) in [5.74, 6) is -0.192. The summed E-state index contributed by atoms with van der Waals surface area (Å²) in [6.07, 6.45) is 1.96. The first-order chi connectivity index (χ1) is 7.68. The van der Waals surface area contributed by atoms with Crippen molar-refractivity contribution in [2.45, 2.75) is 18.4 Å². The minimum atomic E-state index is -0.326. The van der Waals surface area contributed by atoms with Gasteiger partial charge < -0.3 is 10.6 Å². The molecule has 0 amide bonds. The van der Waals surface area contributed by atoms with E-state index < -0.39 is 0 Å². The molecule has 0 bridgehead atoms. The van der Waals surface area contributed by atoms with Crippen molar-refractivity contribution in [3.05, 3.63) is 34.6 Å². The Morgan fingerprint density at radius 2 is 2.31 bits per heavy atom. The molecule has 2 rings (SSSR count). The molecule has 1 aliphatic rings. The molecular formula is C12H16ClFN2. The second kappa shape index (κ2) is 4.70. The second-order valence-electron chi connectivity index (χ2n) is 4.24. The molecule has 1 aromatic carbocycles. The van der Waals surface area contributed by atoms with Crippen LogP contribution >= 0.6 is 11.6 Å². The van der Waals surface area contributed by atoms with Gasteiger partial charge in [0, 0.05) is 17.1 Å². The minimum Gasteiger partial charge on any atom is -0.315 e. The highest BCUT2D eigenvalue weighted by Gasteiger charge is 2.34. The Morgan fingerprint density at radius 1 is 1.50 bits per heavy atom. The summed E-state index contributed by atoms with van der Waals surface area (Å²) in [7, 11) is 1.87. The highest BCUT2D eigenvalue weighted by Crippen LogP contribution is 2.31. The third-order valence-electron chi connectivity index (χ3n) is 3.31. The van der Waals surface area contributed by atoms with Gasteiger partial charge in [0.05, 0.1) is 5.54 Å². The molecule has 2 N–H and O–H groups in total. The summed E-state index contributed by atoms with van der Waals surface area (Å²) in [6, 6.07) is 4.74. The van der Waals surface area contributed by atoms with E-state index in [9.17, 15) is 4.39 Å². The van der Waals surface area contributed by atoms with Crippen LogP contribution in [0, 0.1) is 5.82 Å². The number of halogens is 2. The van der Waals surface area contributed by atoms with Crippen molar-refractivity contribution < 1.29 is 4.39 Å². The lowest BCUT2D eigenvalue weighted by atomic mass is 9.83. The fourth-order valence-electron chi connectivity index (χ4n) is 2.35. The number of nitrogens with one attached hydrogen (secondary N) is 2. The second-order valence-corrected chi connectivity index (χ2v) is 4.67. The molecular weight excluding hydrogens is 227 g/mol. The van der Waals surface area contributed by atoms with E-state index in [2.05, 4.69) is 10.6 Å². The molecule has 1 saturated heterocycles. The van der Waals surface area contributed by atoms with Gasteiger partial charge in [-0.1, -0.05) is 11.6 Å². The van der Waals surface area contributed by atoms with E-state index in [-0.39, 0.29) is 11.4 Å².